The monoisotopic (exact) mass is 635 g/mol. The zero-order valence-electron chi connectivity index (χ0n) is 27.9. The number of benzene rings is 6. The highest BCUT2D eigenvalue weighted by Crippen LogP contribution is 2.34. The average molecular weight is 636 g/mol. The first kappa shape index (κ1) is 27.6. The second-order valence-corrected chi connectivity index (χ2v) is 12.3. The summed E-state index contributed by atoms with van der Waals surface area (Å²) in [4.78, 5) is 22.3. The third-order valence-electron chi connectivity index (χ3n) is 9.34. The molecule has 3 heterocycles. The Kier molecular flexibility index (Phi) is 6.37. The number of para-hydroxylation sites is 1. The van der Waals surface area contributed by atoms with Gasteiger partial charge in [-0.3, -0.25) is 9.13 Å². The molecule has 0 spiro atoms. The topological polar surface area (TPSA) is 65.8 Å². The number of nitrogens with zero attached hydrogens (tertiary/aromatic N) is 4. The molecule has 0 saturated carbocycles. The first-order chi connectivity index (χ1) is 24.4. The largest absolute Gasteiger partial charge is 0.456 e. The predicted octanol–water partition coefficient (Wildman–Crippen LogP) is 9.90. The number of furan rings is 1. The number of rotatable bonds is 5. The summed E-state index contributed by atoms with van der Waals surface area (Å²) in [5.41, 5.74) is 11.2. The number of fused-ring (bicyclic) bond motifs is 4. The van der Waals surface area contributed by atoms with Gasteiger partial charge >= 0.3 is 5.69 Å². The molecular weight excluding hydrogens is 604 g/mol. The molecule has 9 aromatic rings. The molecule has 234 valence electrons. The van der Waals surface area contributed by atoms with Crippen molar-refractivity contribution in [2.75, 3.05) is 0 Å². The molecule has 6 heteroatoms. The molecule has 0 saturated heterocycles. The van der Waals surface area contributed by atoms with Crippen LogP contribution in [0.5, 0.6) is 0 Å². The van der Waals surface area contributed by atoms with Gasteiger partial charge in [0.25, 0.3) is 0 Å². The van der Waals surface area contributed by atoms with Crippen molar-refractivity contribution in [2.24, 2.45) is 14.1 Å². The van der Waals surface area contributed by atoms with E-state index in [1.54, 1.807) is 23.2 Å². The van der Waals surface area contributed by atoms with E-state index in [1.807, 2.05) is 103 Å². The maximum absolute atomic E-state index is 12.5. The van der Waals surface area contributed by atoms with E-state index in [-0.39, 0.29) is 11.7 Å². The van der Waals surface area contributed by atoms with Crippen molar-refractivity contribution in [3.05, 3.63) is 156 Å². The van der Waals surface area contributed by atoms with Crippen LogP contribution < -0.4 is 5.69 Å². The van der Waals surface area contributed by atoms with E-state index in [0.29, 0.717) is 17.2 Å². The highest BCUT2D eigenvalue weighted by molar-refractivity contribution is 6.05. The lowest BCUT2D eigenvalue weighted by Crippen LogP contribution is -2.19. The van der Waals surface area contributed by atoms with Gasteiger partial charge in [0.2, 0.25) is 0 Å². The van der Waals surface area contributed by atoms with Crippen LogP contribution in [0.15, 0.2) is 155 Å². The lowest BCUT2D eigenvalue weighted by Gasteiger charge is -2.11. The van der Waals surface area contributed by atoms with Crippen LogP contribution in [0.4, 0.5) is 0 Å². The highest BCUT2D eigenvalue weighted by Gasteiger charge is 2.14. The summed E-state index contributed by atoms with van der Waals surface area (Å²) < 4.78 is 18.8. The van der Waals surface area contributed by atoms with E-state index in [1.165, 1.54) is 0 Å². The van der Waals surface area contributed by atoms with Gasteiger partial charge in [0, 0.05) is 41.6 Å². The van der Waals surface area contributed by atoms with Gasteiger partial charge in [-0.25, -0.2) is 14.8 Å². The van der Waals surface area contributed by atoms with Crippen LogP contribution in [0.25, 0.3) is 89.1 Å². The average Bonchev–Trinajstić information content (AvgIpc) is 3.65. The maximum Gasteiger partial charge on any atom is 0.328 e. The molecule has 0 aliphatic heterocycles. The summed E-state index contributed by atoms with van der Waals surface area (Å²) in [7, 11) is 3.58. The summed E-state index contributed by atoms with van der Waals surface area (Å²) >= 11 is 0. The van der Waals surface area contributed by atoms with E-state index >= 15 is 0 Å². The number of aromatic nitrogens is 4. The third kappa shape index (κ3) is 4.93. The molecule has 0 N–H and O–H groups in total. The van der Waals surface area contributed by atoms with Crippen LogP contribution in [0.2, 0.25) is 0 Å². The number of hydrogen-bond acceptors (Lipinski definition) is 4. The molecule has 49 heavy (non-hydrogen) atoms. The predicted molar refractivity (Wildman–Crippen MR) is 198 cm³/mol. The first-order valence-electron chi connectivity index (χ1n) is 16.7. The Morgan fingerprint density at radius 3 is 1.73 bits per heavy atom. The normalized spacial score (nSPS) is 11.8. The molecule has 0 atom stereocenters. The van der Waals surface area contributed by atoms with Crippen LogP contribution in [0.1, 0.15) is 1.37 Å². The van der Waals surface area contributed by atoms with E-state index in [9.17, 15) is 6.17 Å². The highest BCUT2D eigenvalue weighted by atomic mass is 16.3. The van der Waals surface area contributed by atoms with E-state index in [0.717, 1.165) is 71.9 Å². The molecule has 0 aliphatic rings. The number of aryl methyl sites for hydroxylation is 2. The minimum atomic E-state index is -0.0527. The van der Waals surface area contributed by atoms with Crippen LogP contribution in [-0.4, -0.2) is 19.1 Å². The number of hydrogen-bond donors (Lipinski definition) is 0. The fourth-order valence-electron chi connectivity index (χ4n) is 6.63. The Morgan fingerprint density at radius 2 is 1.04 bits per heavy atom. The van der Waals surface area contributed by atoms with Gasteiger partial charge < -0.3 is 4.42 Å². The third-order valence-corrected chi connectivity index (χ3v) is 9.34. The van der Waals surface area contributed by atoms with Crippen molar-refractivity contribution in [3.63, 3.8) is 0 Å². The molecule has 0 aliphatic carbocycles. The number of imidazole rings is 1. The standard InChI is InChI=1S/C43H30N4O2/c1-46-38-23-21-32(24-39(38)47(2)43(46)48)27-12-16-29(17-13-27)36-26-37(45-42(44-36)31-8-4-3-5-9-31)30-18-14-28(15-19-30)33-20-22-35-34-10-6-7-11-40(34)49-41(35)25-33/h3-26H,1-2H3/i26D. The molecular formula is C43H30N4O2. The van der Waals surface area contributed by atoms with Gasteiger partial charge in [0.1, 0.15) is 11.2 Å². The lowest BCUT2D eigenvalue weighted by atomic mass is 9.99. The lowest BCUT2D eigenvalue weighted by molar-refractivity contribution is 0.669. The SMILES string of the molecule is [2H]c1c(-c2ccc(-c3ccc4c(c3)oc3ccccc34)cc2)nc(-c2ccccc2)nc1-c1ccc(-c2ccc3c(c2)n(C)c(=O)n3C)cc1. The molecule has 6 aromatic carbocycles. The Bertz CT molecular complexity index is 2800. The van der Waals surface area contributed by atoms with Gasteiger partial charge in [0.15, 0.2) is 5.82 Å². The van der Waals surface area contributed by atoms with Crippen molar-refractivity contribution >= 4 is 33.0 Å². The Hall–Kier alpha value is -6.53. The minimum absolute atomic E-state index is 0.0527. The van der Waals surface area contributed by atoms with Crippen LogP contribution in [0, 0.1) is 0 Å². The van der Waals surface area contributed by atoms with Crippen molar-refractivity contribution in [3.8, 4) is 56.2 Å². The summed E-state index contributed by atoms with van der Waals surface area (Å²) in [6.07, 6.45) is 0. The zero-order valence-corrected chi connectivity index (χ0v) is 26.9. The summed E-state index contributed by atoms with van der Waals surface area (Å²) in [6.45, 7) is 0. The Morgan fingerprint density at radius 1 is 0.510 bits per heavy atom. The molecule has 9 rings (SSSR count). The zero-order chi connectivity index (χ0) is 33.9. The summed E-state index contributed by atoms with van der Waals surface area (Å²) in [5.74, 6) is 0.561. The van der Waals surface area contributed by atoms with E-state index < -0.39 is 0 Å². The fraction of sp³-hybridized carbons (Fsp3) is 0.0465. The van der Waals surface area contributed by atoms with Crippen molar-refractivity contribution < 1.29 is 5.79 Å². The van der Waals surface area contributed by atoms with Gasteiger partial charge in [-0.05, 0) is 58.6 Å². The molecule has 0 unspecified atom stereocenters. The molecule has 6 nitrogen and oxygen atoms in total. The molecule has 3 aromatic heterocycles. The van der Waals surface area contributed by atoms with Gasteiger partial charge in [-0.15, -0.1) is 0 Å². The van der Waals surface area contributed by atoms with Crippen LogP contribution in [0.3, 0.4) is 0 Å². The Balaban J connectivity index is 1.10. The maximum atomic E-state index is 12.5. The fourth-order valence-corrected chi connectivity index (χ4v) is 6.63. The van der Waals surface area contributed by atoms with Crippen molar-refractivity contribution in [1.82, 2.24) is 19.1 Å². The Labute approximate surface area is 283 Å². The molecule has 0 radical (unpaired) electrons. The smallest absolute Gasteiger partial charge is 0.328 e. The second kappa shape index (κ2) is 11.3. The van der Waals surface area contributed by atoms with Gasteiger partial charge in [0.05, 0.1) is 23.8 Å². The van der Waals surface area contributed by atoms with Crippen LogP contribution >= 0.6 is 0 Å². The minimum Gasteiger partial charge on any atom is -0.456 e. The second-order valence-electron chi connectivity index (χ2n) is 12.3. The summed E-state index contributed by atoms with van der Waals surface area (Å²) in [5, 5.41) is 2.21. The molecule has 0 bridgehead atoms. The van der Waals surface area contributed by atoms with Crippen molar-refractivity contribution in [2.45, 2.75) is 0 Å². The van der Waals surface area contributed by atoms with Gasteiger partial charge in [-0.1, -0.05) is 109 Å². The van der Waals surface area contributed by atoms with Crippen molar-refractivity contribution in [1.29, 1.82) is 0 Å². The van der Waals surface area contributed by atoms with Gasteiger partial charge in [-0.2, -0.15) is 0 Å². The molecule has 0 fully saturated rings. The summed E-state index contributed by atoms with van der Waals surface area (Å²) in [6, 6.07) is 46.8. The molecule has 0 amide bonds. The van der Waals surface area contributed by atoms with E-state index in [2.05, 4.69) is 36.4 Å². The van der Waals surface area contributed by atoms with Crippen LogP contribution in [-0.2, 0) is 14.1 Å². The first-order valence-corrected chi connectivity index (χ1v) is 16.2. The van der Waals surface area contributed by atoms with E-state index in [4.69, 9.17) is 14.4 Å². The quantitative estimate of drug-likeness (QED) is 0.189.